The quantitative estimate of drug-likeness (QED) is 0.784. The summed E-state index contributed by atoms with van der Waals surface area (Å²) in [5, 5.41) is 2.72. The number of amides is 2. The third-order valence-corrected chi connectivity index (χ3v) is 5.74. The van der Waals surface area contributed by atoms with Crippen molar-refractivity contribution in [2.45, 2.75) is 44.7 Å². The Labute approximate surface area is 107 Å². The van der Waals surface area contributed by atoms with Crippen LogP contribution in [0.1, 0.15) is 32.6 Å². The number of fused-ring (bicyclic) bond motifs is 5. The molecule has 4 heteroatoms. The highest BCUT2D eigenvalue weighted by atomic mass is 16.2. The van der Waals surface area contributed by atoms with E-state index in [-0.39, 0.29) is 24.4 Å². The van der Waals surface area contributed by atoms with Crippen molar-refractivity contribution >= 4 is 11.8 Å². The molecular weight excluding hydrogens is 228 g/mol. The number of hydrogen-bond acceptors (Lipinski definition) is 2. The first-order chi connectivity index (χ1) is 8.72. The van der Waals surface area contributed by atoms with Gasteiger partial charge in [-0.15, -0.1) is 0 Å². The zero-order valence-corrected chi connectivity index (χ0v) is 10.8. The van der Waals surface area contributed by atoms with Gasteiger partial charge < -0.3 is 10.2 Å². The monoisotopic (exact) mass is 248 g/mol. The highest BCUT2D eigenvalue weighted by Crippen LogP contribution is 2.67. The van der Waals surface area contributed by atoms with Crippen LogP contribution in [-0.2, 0) is 9.59 Å². The second-order valence-electron chi connectivity index (χ2n) is 6.42. The number of hydrogen-bond donors (Lipinski definition) is 1. The molecule has 2 bridgehead atoms. The summed E-state index contributed by atoms with van der Waals surface area (Å²) in [5.41, 5.74) is 0. The Kier molecular flexibility index (Phi) is 2.10. The van der Waals surface area contributed by atoms with Crippen molar-refractivity contribution in [3.8, 4) is 0 Å². The maximum absolute atomic E-state index is 12.2. The van der Waals surface area contributed by atoms with E-state index in [1.165, 1.54) is 19.3 Å². The molecule has 3 saturated carbocycles. The van der Waals surface area contributed by atoms with Crippen molar-refractivity contribution in [2.75, 3.05) is 6.54 Å². The Balaban J connectivity index is 1.60. The molecule has 1 heterocycles. The van der Waals surface area contributed by atoms with E-state index < -0.39 is 0 Å². The Morgan fingerprint density at radius 1 is 1.22 bits per heavy atom. The zero-order valence-electron chi connectivity index (χ0n) is 10.8. The van der Waals surface area contributed by atoms with Crippen molar-refractivity contribution < 1.29 is 9.59 Å². The summed E-state index contributed by atoms with van der Waals surface area (Å²) in [5.74, 6) is 3.34. The summed E-state index contributed by atoms with van der Waals surface area (Å²) < 4.78 is 0. The maximum atomic E-state index is 12.2. The highest BCUT2D eigenvalue weighted by molar-refractivity contribution is 5.95. The normalized spacial score (nSPS) is 49.3. The molecule has 0 spiro atoms. The van der Waals surface area contributed by atoms with Crippen LogP contribution in [0.3, 0.4) is 0 Å². The SMILES string of the molecule is CCC1C(=O)NCC(=O)N1C1C2C3CCC(C3)C21. The van der Waals surface area contributed by atoms with E-state index in [1.807, 2.05) is 11.8 Å². The van der Waals surface area contributed by atoms with E-state index in [1.54, 1.807) is 0 Å². The second-order valence-corrected chi connectivity index (χ2v) is 6.42. The number of nitrogens with one attached hydrogen (secondary N) is 1. The Bertz CT molecular complexity index is 406. The first-order valence-corrected chi connectivity index (χ1v) is 7.31. The van der Waals surface area contributed by atoms with Crippen molar-refractivity contribution in [1.29, 1.82) is 0 Å². The van der Waals surface area contributed by atoms with Gasteiger partial charge in [0.1, 0.15) is 6.04 Å². The molecule has 98 valence electrons. The minimum absolute atomic E-state index is 0.0504. The third-order valence-electron chi connectivity index (χ3n) is 5.74. The third kappa shape index (κ3) is 1.21. The Morgan fingerprint density at radius 2 is 1.89 bits per heavy atom. The molecule has 5 atom stereocenters. The van der Waals surface area contributed by atoms with E-state index >= 15 is 0 Å². The lowest BCUT2D eigenvalue weighted by atomic mass is 10.0. The first kappa shape index (κ1) is 10.8. The van der Waals surface area contributed by atoms with Gasteiger partial charge in [-0.3, -0.25) is 9.59 Å². The Morgan fingerprint density at radius 3 is 2.50 bits per heavy atom. The molecule has 0 aromatic heterocycles. The van der Waals surface area contributed by atoms with Crippen LogP contribution in [0.25, 0.3) is 0 Å². The number of nitrogens with zero attached hydrogens (tertiary/aromatic N) is 1. The van der Waals surface area contributed by atoms with Gasteiger partial charge in [0.25, 0.3) is 0 Å². The highest BCUT2D eigenvalue weighted by Gasteiger charge is 2.68. The van der Waals surface area contributed by atoms with Gasteiger partial charge in [0.2, 0.25) is 11.8 Å². The van der Waals surface area contributed by atoms with Gasteiger partial charge in [-0.25, -0.2) is 0 Å². The number of carbonyl (C=O) groups excluding carboxylic acids is 2. The average Bonchev–Trinajstić information content (AvgIpc) is 2.78. The summed E-state index contributed by atoms with van der Waals surface area (Å²) in [6.45, 7) is 2.21. The lowest BCUT2D eigenvalue weighted by Gasteiger charge is -2.36. The van der Waals surface area contributed by atoms with Crippen molar-refractivity contribution in [2.24, 2.45) is 23.7 Å². The zero-order chi connectivity index (χ0) is 12.4. The van der Waals surface area contributed by atoms with Crippen molar-refractivity contribution in [3.63, 3.8) is 0 Å². The van der Waals surface area contributed by atoms with Crippen LogP contribution < -0.4 is 5.32 Å². The molecule has 1 N–H and O–H groups in total. The van der Waals surface area contributed by atoms with Gasteiger partial charge in [-0.2, -0.15) is 0 Å². The number of rotatable bonds is 2. The van der Waals surface area contributed by atoms with Crippen molar-refractivity contribution in [3.05, 3.63) is 0 Å². The average molecular weight is 248 g/mol. The summed E-state index contributed by atoms with van der Waals surface area (Å²) in [6.07, 6.45) is 4.83. The fourth-order valence-electron chi connectivity index (χ4n) is 5.08. The molecule has 18 heavy (non-hydrogen) atoms. The van der Waals surface area contributed by atoms with Crippen LogP contribution in [0.2, 0.25) is 0 Å². The topological polar surface area (TPSA) is 49.4 Å². The van der Waals surface area contributed by atoms with Gasteiger partial charge in [-0.05, 0) is 49.4 Å². The molecular formula is C14H20N2O2. The Hall–Kier alpha value is -1.06. The standard InChI is InChI=1S/C14H20N2O2/c1-2-9-14(18)15-6-10(17)16(9)13-11-7-3-4-8(5-7)12(11)13/h7-9,11-13H,2-6H2,1H3,(H,15,18). The minimum Gasteiger partial charge on any atom is -0.345 e. The van der Waals surface area contributed by atoms with Crippen molar-refractivity contribution in [1.82, 2.24) is 10.2 Å². The van der Waals surface area contributed by atoms with Gasteiger partial charge >= 0.3 is 0 Å². The molecule has 4 fully saturated rings. The molecule has 0 radical (unpaired) electrons. The molecule has 2 amide bonds. The second kappa shape index (κ2) is 3.49. The van der Waals surface area contributed by atoms with Crippen LogP contribution in [0.5, 0.6) is 0 Å². The molecule has 0 aromatic rings. The molecule has 4 nitrogen and oxygen atoms in total. The van der Waals surface area contributed by atoms with Crippen LogP contribution >= 0.6 is 0 Å². The molecule has 1 aliphatic heterocycles. The van der Waals surface area contributed by atoms with E-state index in [2.05, 4.69) is 5.32 Å². The molecule has 0 aromatic carbocycles. The first-order valence-electron chi connectivity index (χ1n) is 7.31. The molecule has 4 aliphatic rings. The van der Waals surface area contributed by atoms with E-state index in [4.69, 9.17) is 0 Å². The smallest absolute Gasteiger partial charge is 0.243 e. The van der Waals surface area contributed by atoms with Crippen LogP contribution in [0.4, 0.5) is 0 Å². The summed E-state index contributed by atoms with van der Waals surface area (Å²) in [7, 11) is 0. The van der Waals surface area contributed by atoms with Gasteiger partial charge in [0, 0.05) is 6.04 Å². The van der Waals surface area contributed by atoms with Crippen LogP contribution in [-0.4, -0.2) is 35.3 Å². The molecule has 4 rings (SSSR count). The minimum atomic E-state index is -0.207. The van der Waals surface area contributed by atoms with Crippen LogP contribution in [0, 0.1) is 23.7 Å². The summed E-state index contributed by atoms with van der Waals surface area (Å²) in [4.78, 5) is 26.0. The van der Waals surface area contributed by atoms with E-state index in [9.17, 15) is 9.59 Å². The van der Waals surface area contributed by atoms with E-state index in [0.717, 1.165) is 30.1 Å². The molecule has 1 saturated heterocycles. The lowest BCUT2D eigenvalue weighted by Crippen LogP contribution is -2.59. The fraction of sp³-hybridized carbons (Fsp3) is 0.857. The number of piperazine rings is 1. The predicted molar refractivity (Wildman–Crippen MR) is 65.5 cm³/mol. The summed E-state index contributed by atoms with van der Waals surface area (Å²) in [6, 6.07) is 0.195. The van der Waals surface area contributed by atoms with Gasteiger partial charge in [0.15, 0.2) is 0 Å². The fourth-order valence-corrected chi connectivity index (χ4v) is 5.08. The maximum Gasteiger partial charge on any atom is 0.243 e. The molecule has 5 unspecified atom stereocenters. The van der Waals surface area contributed by atoms with Gasteiger partial charge in [0.05, 0.1) is 6.54 Å². The predicted octanol–water partition coefficient (Wildman–Crippen LogP) is 0.768. The largest absolute Gasteiger partial charge is 0.345 e. The van der Waals surface area contributed by atoms with E-state index in [0.29, 0.717) is 6.04 Å². The van der Waals surface area contributed by atoms with Gasteiger partial charge in [-0.1, -0.05) is 6.92 Å². The summed E-state index contributed by atoms with van der Waals surface area (Å²) >= 11 is 0. The molecule has 3 aliphatic carbocycles. The lowest BCUT2D eigenvalue weighted by molar-refractivity contribution is -0.147. The van der Waals surface area contributed by atoms with Crippen LogP contribution in [0.15, 0.2) is 0 Å². The number of carbonyl (C=O) groups is 2.